The van der Waals surface area contributed by atoms with Crippen molar-refractivity contribution in [3.63, 3.8) is 0 Å². The molecule has 0 fully saturated rings. The first kappa shape index (κ1) is 28.1. The second kappa shape index (κ2) is 12.8. The first-order valence-electron chi connectivity index (χ1n) is 13.0. The van der Waals surface area contributed by atoms with Gasteiger partial charge < -0.3 is 19.9 Å². The number of rotatable bonds is 11. The summed E-state index contributed by atoms with van der Waals surface area (Å²) in [4.78, 5) is 40.3. The van der Waals surface area contributed by atoms with E-state index in [9.17, 15) is 14.4 Å². The Labute approximate surface area is 244 Å². The number of aromatic nitrogens is 3. The highest BCUT2D eigenvalue weighted by molar-refractivity contribution is 8.00. The Balaban J connectivity index is 1.33. The third kappa shape index (κ3) is 6.29. The van der Waals surface area contributed by atoms with Crippen LogP contribution in [0, 0.1) is 0 Å². The molecule has 2 N–H and O–H groups in total. The molecule has 4 aromatic rings. The molecule has 0 bridgehead atoms. The number of carbonyl (C=O) groups is 3. The average molecular weight is 596 g/mol. The molecule has 0 radical (unpaired) electrons. The van der Waals surface area contributed by atoms with Crippen molar-refractivity contribution < 1.29 is 19.1 Å². The summed E-state index contributed by atoms with van der Waals surface area (Å²) in [5.74, 6) is -0.221. The maximum atomic E-state index is 13.3. The molecule has 3 heterocycles. The van der Waals surface area contributed by atoms with Crippen LogP contribution in [0.5, 0.6) is 0 Å². The standard InChI is InChI=1S/C28H29N5O4S3/c1-3-37-27(36)23-19-11-7-12-20(19)40-26(23)30-24(34)17(2)39-28-32-31-22(15-29-25(35)21-13-8-14-38-21)33(28)16-18-9-5-4-6-10-18/h4-6,8-10,13-14,17H,3,7,11-12,15-16H2,1-2H3,(H,29,35)(H,30,34)/t17-/m0/s1. The molecular weight excluding hydrogens is 567 g/mol. The van der Waals surface area contributed by atoms with E-state index in [1.165, 1.54) is 34.4 Å². The summed E-state index contributed by atoms with van der Waals surface area (Å²) in [6.07, 6.45) is 2.72. The first-order valence-corrected chi connectivity index (χ1v) is 15.6. The van der Waals surface area contributed by atoms with Gasteiger partial charge in [-0.05, 0) is 55.7 Å². The third-order valence-electron chi connectivity index (χ3n) is 6.42. The van der Waals surface area contributed by atoms with Gasteiger partial charge in [-0.2, -0.15) is 0 Å². The van der Waals surface area contributed by atoms with Crippen molar-refractivity contribution in [1.29, 1.82) is 0 Å². The van der Waals surface area contributed by atoms with E-state index in [2.05, 4.69) is 20.8 Å². The van der Waals surface area contributed by atoms with Crippen LogP contribution in [-0.4, -0.2) is 44.4 Å². The highest BCUT2D eigenvalue weighted by Gasteiger charge is 2.30. The second-order valence-corrected chi connectivity index (χ2v) is 12.5. The van der Waals surface area contributed by atoms with Gasteiger partial charge in [0.05, 0.1) is 35.4 Å². The molecule has 3 aromatic heterocycles. The van der Waals surface area contributed by atoms with E-state index in [-0.39, 0.29) is 25.0 Å². The van der Waals surface area contributed by atoms with E-state index >= 15 is 0 Å². The Kier molecular flexibility index (Phi) is 8.98. The molecule has 1 aliphatic rings. The van der Waals surface area contributed by atoms with Crippen molar-refractivity contribution in [2.24, 2.45) is 0 Å². The Hall–Kier alpha value is -3.48. The number of amides is 2. The van der Waals surface area contributed by atoms with Gasteiger partial charge in [-0.3, -0.25) is 9.59 Å². The lowest BCUT2D eigenvalue weighted by Gasteiger charge is -2.14. The Morgan fingerprint density at radius 3 is 2.70 bits per heavy atom. The number of thiophene rings is 2. The van der Waals surface area contributed by atoms with Gasteiger partial charge in [0.15, 0.2) is 11.0 Å². The third-order valence-corrected chi connectivity index (χ3v) is 9.57. The molecule has 9 nitrogen and oxygen atoms in total. The SMILES string of the molecule is CCOC(=O)c1c(NC(=O)[C@H](C)Sc2nnc(CNC(=O)c3cccs3)n2Cc2ccccc2)sc2c1CCC2. The van der Waals surface area contributed by atoms with Gasteiger partial charge in [-0.15, -0.1) is 32.9 Å². The molecule has 5 rings (SSSR count). The van der Waals surface area contributed by atoms with Crippen molar-refractivity contribution in [2.75, 3.05) is 11.9 Å². The number of ether oxygens (including phenoxy) is 1. The number of nitrogens with one attached hydrogen (secondary N) is 2. The van der Waals surface area contributed by atoms with Crippen LogP contribution in [0.15, 0.2) is 53.0 Å². The number of thioether (sulfide) groups is 1. The molecule has 0 spiro atoms. The summed E-state index contributed by atoms with van der Waals surface area (Å²) in [5, 5.41) is 17.0. The molecule has 2 amide bonds. The average Bonchev–Trinajstić information content (AvgIpc) is 3.74. The largest absolute Gasteiger partial charge is 0.462 e. The van der Waals surface area contributed by atoms with E-state index < -0.39 is 11.2 Å². The van der Waals surface area contributed by atoms with Gasteiger partial charge in [0.25, 0.3) is 5.91 Å². The van der Waals surface area contributed by atoms with Crippen LogP contribution >= 0.6 is 34.4 Å². The van der Waals surface area contributed by atoms with Crippen molar-refractivity contribution in [3.05, 3.63) is 80.1 Å². The molecular formula is C28H29N5O4S3. The van der Waals surface area contributed by atoms with E-state index in [0.717, 1.165) is 35.3 Å². The molecule has 1 aliphatic carbocycles. The molecule has 0 unspecified atom stereocenters. The molecule has 40 heavy (non-hydrogen) atoms. The van der Waals surface area contributed by atoms with Crippen LogP contribution in [0.3, 0.4) is 0 Å². The fourth-order valence-corrected chi connectivity index (χ4v) is 7.24. The van der Waals surface area contributed by atoms with Gasteiger partial charge in [-0.25, -0.2) is 4.79 Å². The summed E-state index contributed by atoms with van der Waals surface area (Å²) in [5.41, 5.74) is 2.52. The molecule has 1 atom stereocenters. The molecule has 208 valence electrons. The molecule has 0 aliphatic heterocycles. The highest BCUT2D eigenvalue weighted by atomic mass is 32.2. The number of anilines is 1. The summed E-state index contributed by atoms with van der Waals surface area (Å²) in [6, 6.07) is 13.5. The van der Waals surface area contributed by atoms with Crippen LogP contribution in [0.25, 0.3) is 0 Å². The van der Waals surface area contributed by atoms with Crippen LogP contribution in [0.4, 0.5) is 5.00 Å². The van der Waals surface area contributed by atoms with E-state index in [4.69, 9.17) is 4.74 Å². The van der Waals surface area contributed by atoms with Crippen LogP contribution in [-0.2, 0) is 35.5 Å². The fourth-order valence-electron chi connectivity index (χ4n) is 4.45. The van der Waals surface area contributed by atoms with Gasteiger partial charge >= 0.3 is 5.97 Å². The zero-order valence-electron chi connectivity index (χ0n) is 22.1. The minimum atomic E-state index is -0.528. The van der Waals surface area contributed by atoms with Gasteiger partial charge in [0, 0.05) is 4.88 Å². The molecule has 0 saturated carbocycles. The van der Waals surface area contributed by atoms with Crippen molar-refractivity contribution in [2.45, 2.75) is 56.6 Å². The fraction of sp³-hybridized carbons (Fsp3) is 0.321. The number of hydrogen-bond acceptors (Lipinski definition) is 9. The van der Waals surface area contributed by atoms with Crippen molar-refractivity contribution >= 4 is 57.2 Å². The maximum Gasteiger partial charge on any atom is 0.341 e. The minimum Gasteiger partial charge on any atom is -0.462 e. The van der Waals surface area contributed by atoms with Crippen LogP contribution in [0.1, 0.15) is 62.1 Å². The summed E-state index contributed by atoms with van der Waals surface area (Å²) in [6.45, 7) is 4.52. The van der Waals surface area contributed by atoms with Gasteiger partial charge in [-0.1, -0.05) is 48.2 Å². The van der Waals surface area contributed by atoms with Crippen LogP contribution in [0.2, 0.25) is 0 Å². The summed E-state index contributed by atoms with van der Waals surface area (Å²) < 4.78 is 7.21. The lowest BCUT2D eigenvalue weighted by molar-refractivity contribution is -0.115. The first-order chi connectivity index (χ1) is 19.4. The zero-order chi connectivity index (χ0) is 28.1. The number of benzene rings is 1. The number of fused-ring (bicyclic) bond motifs is 1. The number of hydrogen-bond donors (Lipinski definition) is 2. The lowest BCUT2D eigenvalue weighted by atomic mass is 10.1. The monoisotopic (exact) mass is 595 g/mol. The van der Waals surface area contributed by atoms with Gasteiger partial charge in [0.2, 0.25) is 5.91 Å². The Bertz CT molecular complexity index is 1500. The number of carbonyl (C=O) groups excluding carboxylic acids is 3. The zero-order valence-corrected chi connectivity index (χ0v) is 24.6. The minimum absolute atomic E-state index is 0.175. The van der Waals surface area contributed by atoms with Crippen molar-refractivity contribution in [1.82, 2.24) is 20.1 Å². The van der Waals surface area contributed by atoms with E-state index in [0.29, 0.717) is 33.0 Å². The van der Waals surface area contributed by atoms with Gasteiger partial charge in [0.1, 0.15) is 5.00 Å². The smallest absolute Gasteiger partial charge is 0.341 e. The quantitative estimate of drug-likeness (QED) is 0.182. The van der Waals surface area contributed by atoms with E-state index in [1.807, 2.05) is 46.3 Å². The number of nitrogens with zero attached hydrogens (tertiary/aromatic N) is 3. The van der Waals surface area contributed by atoms with E-state index in [1.54, 1.807) is 19.9 Å². The predicted molar refractivity (Wildman–Crippen MR) is 157 cm³/mol. The maximum absolute atomic E-state index is 13.3. The molecule has 12 heteroatoms. The second-order valence-electron chi connectivity index (χ2n) is 9.16. The highest BCUT2D eigenvalue weighted by Crippen LogP contribution is 2.40. The number of esters is 1. The summed E-state index contributed by atoms with van der Waals surface area (Å²) >= 11 is 4.11. The Morgan fingerprint density at radius 2 is 1.95 bits per heavy atom. The molecule has 1 aromatic carbocycles. The van der Waals surface area contributed by atoms with Crippen molar-refractivity contribution in [3.8, 4) is 0 Å². The Morgan fingerprint density at radius 1 is 1.12 bits per heavy atom. The van der Waals surface area contributed by atoms with Crippen LogP contribution < -0.4 is 10.6 Å². The number of aryl methyl sites for hydroxylation is 1. The molecule has 0 saturated heterocycles. The summed E-state index contributed by atoms with van der Waals surface area (Å²) in [7, 11) is 0. The normalized spacial score (nSPS) is 13.1. The predicted octanol–water partition coefficient (Wildman–Crippen LogP) is 5.16. The topological polar surface area (TPSA) is 115 Å². The lowest BCUT2D eigenvalue weighted by Crippen LogP contribution is -2.25.